The maximum Gasteiger partial charge on any atom is 0.103 e. The summed E-state index contributed by atoms with van der Waals surface area (Å²) in [5.41, 5.74) is 6.96. The van der Waals surface area contributed by atoms with Gasteiger partial charge in [0.25, 0.3) is 0 Å². The Morgan fingerprint density at radius 2 is 2.62 bits per heavy atom. The van der Waals surface area contributed by atoms with Gasteiger partial charge in [-0.05, 0) is 13.0 Å². The number of hydrogen-bond donors (Lipinski definition) is 3. The fraction of sp³-hybridized carbons (Fsp3) is 0.500. The number of nitrogens with zero attached hydrogens (tertiary/aromatic N) is 2. The van der Waals surface area contributed by atoms with Crippen molar-refractivity contribution in [3.8, 4) is 0 Å². The first kappa shape index (κ1) is 9.88. The molecule has 13 heavy (non-hydrogen) atoms. The molecule has 0 amide bonds. The Kier molecular flexibility index (Phi) is 3.60. The van der Waals surface area contributed by atoms with Crippen molar-refractivity contribution in [2.45, 2.75) is 13.0 Å². The van der Waals surface area contributed by atoms with Crippen LogP contribution in [0.4, 0.5) is 0 Å². The van der Waals surface area contributed by atoms with Gasteiger partial charge >= 0.3 is 0 Å². The lowest BCUT2D eigenvalue weighted by atomic mass is 10.3. The molecule has 0 spiro atoms. The van der Waals surface area contributed by atoms with E-state index in [9.17, 15) is 0 Å². The van der Waals surface area contributed by atoms with E-state index in [0.29, 0.717) is 6.54 Å². The van der Waals surface area contributed by atoms with Crippen LogP contribution in [-0.2, 0) is 0 Å². The maximum absolute atomic E-state index is 9.07. The summed E-state index contributed by atoms with van der Waals surface area (Å²) in [4.78, 5) is 3.99. The number of nitrogens with one attached hydrogen (secondary N) is 1. The van der Waals surface area contributed by atoms with E-state index in [1.54, 1.807) is 6.21 Å². The lowest BCUT2D eigenvalue weighted by Crippen LogP contribution is -2.22. The molecule has 0 fully saturated rings. The van der Waals surface area contributed by atoms with Crippen molar-refractivity contribution < 1.29 is 5.11 Å². The fourth-order valence-electron chi connectivity index (χ4n) is 0.848. The minimum atomic E-state index is -0.559. The second-order valence-corrected chi connectivity index (χ2v) is 2.86. The number of aryl methyl sites for hydroxylation is 1. The van der Waals surface area contributed by atoms with Crippen LogP contribution < -0.4 is 5.73 Å². The van der Waals surface area contributed by atoms with Crippen molar-refractivity contribution in [1.29, 1.82) is 0 Å². The molecule has 1 aromatic rings. The first-order valence-electron chi connectivity index (χ1n) is 4.12. The van der Waals surface area contributed by atoms with Gasteiger partial charge in [0.1, 0.15) is 5.69 Å². The molecule has 0 aromatic carbocycles. The second kappa shape index (κ2) is 4.74. The molecule has 5 heteroatoms. The molecule has 1 unspecified atom stereocenters. The summed E-state index contributed by atoms with van der Waals surface area (Å²) in [5, 5.41) is 15.8. The molecule has 1 aromatic heterocycles. The number of hydrogen-bond acceptors (Lipinski definition) is 4. The van der Waals surface area contributed by atoms with Gasteiger partial charge in [-0.1, -0.05) is 0 Å². The molecule has 4 N–H and O–H groups in total. The van der Waals surface area contributed by atoms with E-state index in [1.807, 2.05) is 13.0 Å². The number of aliphatic hydroxyl groups excluding tert-OH is 1. The third-order valence-corrected chi connectivity index (χ3v) is 1.54. The molecular weight excluding hydrogens is 168 g/mol. The summed E-state index contributed by atoms with van der Waals surface area (Å²) in [6, 6.07) is 1.87. The highest BCUT2D eigenvalue weighted by molar-refractivity contribution is 5.76. The lowest BCUT2D eigenvalue weighted by molar-refractivity contribution is 0.192. The zero-order valence-corrected chi connectivity index (χ0v) is 7.57. The number of aliphatic imine (C=N–C) groups is 1. The van der Waals surface area contributed by atoms with Gasteiger partial charge in [0.05, 0.1) is 12.6 Å². The number of aromatic nitrogens is 2. The van der Waals surface area contributed by atoms with Crippen molar-refractivity contribution in [3.63, 3.8) is 0 Å². The topological polar surface area (TPSA) is 87.3 Å². The minimum Gasteiger partial charge on any atom is -0.390 e. The summed E-state index contributed by atoms with van der Waals surface area (Å²) in [5.74, 6) is 0. The van der Waals surface area contributed by atoms with Crippen LogP contribution in [-0.4, -0.2) is 40.7 Å². The first-order chi connectivity index (χ1) is 6.22. The summed E-state index contributed by atoms with van der Waals surface area (Å²) < 4.78 is 0. The number of H-pyrrole nitrogens is 1. The zero-order chi connectivity index (χ0) is 9.68. The molecule has 0 radical (unpaired) electrons. The van der Waals surface area contributed by atoms with Crippen molar-refractivity contribution in [2.24, 2.45) is 10.7 Å². The largest absolute Gasteiger partial charge is 0.390 e. The summed E-state index contributed by atoms with van der Waals surface area (Å²) in [6.07, 6.45) is 1.05. The Morgan fingerprint density at radius 3 is 3.15 bits per heavy atom. The van der Waals surface area contributed by atoms with Crippen molar-refractivity contribution in [1.82, 2.24) is 10.2 Å². The fourth-order valence-corrected chi connectivity index (χ4v) is 0.848. The number of aromatic amines is 1. The van der Waals surface area contributed by atoms with Gasteiger partial charge in [-0.15, -0.1) is 0 Å². The van der Waals surface area contributed by atoms with E-state index in [2.05, 4.69) is 15.2 Å². The summed E-state index contributed by atoms with van der Waals surface area (Å²) in [7, 11) is 0. The van der Waals surface area contributed by atoms with E-state index in [4.69, 9.17) is 10.8 Å². The normalized spacial score (nSPS) is 13.8. The van der Waals surface area contributed by atoms with E-state index < -0.39 is 6.10 Å². The van der Waals surface area contributed by atoms with Gasteiger partial charge in [0, 0.05) is 18.5 Å². The van der Waals surface area contributed by atoms with Crippen molar-refractivity contribution in [3.05, 3.63) is 17.5 Å². The number of aliphatic hydroxyl groups is 1. The van der Waals surface area contributed by atoms with Crippen LogP contribution in [0.5, 0.6) is 0 Å². The molecule has 1 rings (SSSR count). The highest BCUT2D eigenvalue weighted by atomic mass is 16.3. The number of nitrogens with two attached hydrogens (primary N) is 1. The second-order valence-electron chi connectivity index (χ2n) is 2.86. The molecule has 0 aliphatic rings. The maximum atomic E-state index is 9.07. The van der Waals surface area contributed by atoms with Gasteiger partial charge in [-0.3, -0.25) is 10.1 Å². The molecule has 72 valence electrons. The molecule has 0 aliphatic heterocycles. The average Bonchev–Trinajstić information content (AvgIpc) is 2.51. The van der Waals surface area contributed by atoms with Gasteiger partial charge in [0.2, 0.25) is 0 Å². The molecule has 1 heterocycles. The van der Waals surface area contributed by atoms with E-state index in [0.717, 1.165) is 11.4 Å². The Hall–Kier alpha value is -1.20. The molecule has 1 atom stereocenters. The van der Waals surface area contributed by atoms with E-state index >= 15 is 0 Å². The Labute approximate surface area is 76.7 Å². The quantitative estimate of drug-likeness (QED) is 0.546. The molecule has 0 aliphatic carbocycles. The lowest BCUT2D eigenvalue weighted by Gasteiger charge is -2.00. The van der Waals surface area contributed by atoms with Gasteiger partial charge in [-0.25, -0.2) is 0 Å². The van der Waals surface area contributed by atoms with Crippen molar-refractivity contribution >= 4 is 6.21 Å². The van der Waals surface area contributed by atoms with Crippen LogP contribution in [0.3, 0.4) is 0 Å². The van der Waals surface area contributed by atoms with Gasteiger partial charge in [0.15, 0.2) is 0 Å². The molecule has 0 saturated carbocycles. The Balaban J connectivity index is 2.40. The highest BCUT2D eigenvalue weighted by Gasteiger charge is 1.97. The SMILES string of the molecule is Cc1cc(C=NCC(O)CN)n[nH]1. The highest BCUT2D eigenvalue weighted by Crippen LogP contribution is 1.93. The Morgan fingerprint density at radius 1 is 1.85 bits per heavy atom. The zero-order valence-electron chi connectivity index (χ0n) is 7.57. The van der Waals surface area contributed by atoms with E-state index in [-0.39, 0.29) is 6.54 Å². The van der Waals surface area contributed by atoms with Crippen molar-refractivity contribution in [2.75, 3.05) is 13.1 Å². The van der Waals surface area contributed by atoms with Crippen LogP contribution in [0, 0.1) is 6.92 Å². The predicted molar refractivity (Wildman–Crippen MR) is 50.8 cm³/mol. The third kappa shape index (κ3) is 3.35. The molecule has 0 bridgehead atoms. The first-order valence-corrected chi connectivity index (χ1v) is 4.12. The summed E-state index contributed by atoms with van der Waals surface area (Å²) >= 11 is 0. The monoisotopic (exact) mass is 182 g/mol. The molecule has 5 nitrogen and oxygen atoms in total. The third-order valence-electron chi connectivity index (χ3n) is 1.54. The van der Waals surface area contributed by atoms with Crippen LogP contribution in [0.25, 0.3) is 0 Å². The molecule has 0 saturated heterocycles. The smallest absolute Gasteiger partial charge is 0.103 e. The average molecular weight is 182 g/mol. The molecular formula is C8H14N4O. The van der Waals surface area contributed by atoms with Crippen LogP contribution in [0.15, 0.2) is 11.1 Å². The van der Waals surface area contributed by atoms with Crippen LogP contribution >= 0.6 is 0 Å². The van der Waals surface area contributed by atoms with Gasteiger partial charge in [-0.2, -0.15) is 5.10 Å². The minimum absolute atomic E-state index is 0.233. The van der Waals surface area contributed by atoms with E-state index in [1.165, 1.54) is 0 Å². The predicted octanol–water partition coefficient (Wildman–Crippen LogP) is -0.543. The van der Waals surface area contributed by atoms with Crippen LogP contribution in [0.1, 0.15) is 11.4 Å². The Bertz CT molecular complexity index is 281. The summed E-state index contributed by atoms with van der Waals surface area (Å²) in [6.45, 7) is 2.47. The van der Waals surface area contributed by atoms with Crippen LogP contribution in [0.2, 0.25) is 0 Å². The van der Waals surface area contributed by atoms with Gasteiger partial charge < -0.3 is 10.8 Å². The number of rotatable bonds is 4. The standard InChI is InChI=1S/C8H14N4O/c1-6-2-7(12-11-6)4-10-5-8(13)3-9/h2,4,8,13H,3,5,9H2,1H3,(H,11,12).